The lowest BCUT2D eigenvalue weighted by atomic mass is 9.89. The molecule has 0 unspecified atom stereocenters. The van der Waals surface area contributed by atoms with E-state index in [0.717, 1.165) is 29.5 Å². The minimum Gasteiger partial charge on any atom is -0.383 e. The normalized spacial score (nSPS) is 15.4. The van der Waals surface area contributed by atoms with E-state index in [1.807, 2.05) is 18.5 Å². The van der Waals surface area contributed by atoms with Gasteiger partial charge in [0.05, 0.1) is 17.5 Å². The topological polar surface area (TPSA) is 29.9 Å². The van der Waals surface area contributed by atoms with E-state index < -0.39 is 0 Å². The highest BCUT2D eigenvalue weighted by Crippen LogP contribution is 2.31. The second-order valence-corrected chi connectivity index (χ2v) is 8.38. The van der Waals surface area contributed by atoms with E-state index in [1.165, 1.54) is 60.0 Å². The van der Waals surface area contributed by atoms with Crippen molar-refractivity contribution in [3.63, 3.8) is 0 Å². The maximum absolute atomic E-state index is 6.02. The number of rotatable bonds is 5. The molecular formula is C23H28ClN3. The Morgan fingerprint density at radius 3 is 2.59 bits per heavy atom. The van der Waals surface area contributed by atoms with Crippen molar-refractivity contribution in [1.29, 1.82) is 0 Å². The van der Waals surface area contributed by atoms with Crippen LogP contribution in [0.25, 0.3) is 11.0 Å². The molecular weight excluding hydrogens is 354 g/mol. The summed E-state index contributed by atoms with van der Waals surface area (Å²) in [6.07, 6.45) is 8.83. The van der Waals surface area contributed by atoms with E-state index in [0.29, 0.717) is 0 Å². The van der Waals surface area contributed by atoms with Crippen molar-refractivity contribution in [3.8, 4) is 0 Å². The molecule has 3 nitrogen and oxygen atoms in total. The second-order valence-electron chi connectivity index (χ2n) is 7.95. The van der Waals surface area contributed by atoms with Crippen LogP contribution in [0, 0.1) is 19.8 Å². The number of aromatic nitrogens is 2. The van der Waals surface area contributed by atoms with E-state index >= 15 is 0 Å². The number of halogens is 1. The van der Waals surface area contributed by atoms with Crippen molar-refractivity contribution in [2.75, 3.05) is 11.9 Å². The Morgan fingerprint density at radius 1 is 1.11 bits per heavy atom. The molecule has 1 fully saturated rings. The van der Waals surface area contributed by atoms with Gasteiger partial charge >= 0.3 is 0 Å². The molecule has 1 saturated carbocycles. The van der Waals surface area contributed by atoms with E-state index in [4.69, 9.17) is 16.6 Å². The number of hydrogen-bond acceptors (Lipinski definition) is 2. The summed E-state index contributed by atoms with van der Waals surface area (Å²) < 4.78 is 2.23. The molecule has 27 heavy (non-hydrogen) atoms. The van der Waals surface area contributed by atoms with Gasteiger partial charge < -0.3 is 9.88 Å². The van der Waals surface area contributed by atoms with Gasteiger partial charge in [0.1, 0.15) is 5.52 Å². The van der Waals surface area contributed by atoms with Crippen molar-refractivity contribution in [2.45, 2.75) is 52.5 Å². The third kappa shape index (κ3) is 3.98. The van der Waals surface area contributed by atoms with Crippen LogP contribution in [-0.2, 0) is 6.54 Å². The minimum atomic E-state index is 0.773. The number of benzene rings is 2. The molecule has 142 valence electrons. The van der Waals surface area contributed by atoms with Crippen molar-refractivity contribution < 1.29 is 0 Å². The summed E-state index contributed by atoms with van der Waals surface area (Å²) in [5.41, 5.74) is 7.35. The third-order valence-electron chi connectivity index (χ3n) is 5.99. The molecule has 1 aromatic heterocycles. The summed E-state index contributed by atoms with van der Waals surface area (Å²) in [6, 6.07) is 10.3. The highest BCUT2D eigenvalue weighted by molar-refractivity contribution is 6.30. The quantitative estimate of drug-likeness (QED) is 0.558. The van der Waals surface area contributed by atoms with Crippen LogP contribution >= 0.6 is 11.6 Å². The molecule has 1 aliphatic rings. The molecule has 0 amide bonds. The van der Waals surface area contributed by atoms with Gasteiger partial charge in [0.2, 0.25) is 0 Å². The average molecular weight is 382 g/mol. The van der Waals surface area contributed by atoms with Gasteiger partial charge in [-0.1, -0.05) is 43.0 Å². The van der Waals surface area contributed by atoms with E-state index in [9.17, 15) is 0 Å². The monoisotopic (exact) mass is 381 g/mol. The zero-order valence-electron chi connectivity index (χ0n) is 16.3. The molecule has 0 aliphatic heterocycles. The number of aryl methyl sites for hydroxylation is 1. The van der Waals surface area contributed by atoms with Crippen LogP contribution in [0.5, 0.6) is 0 Å². The lowest BCUT2D eigenvalue weighted by Gasteiger charge is -2.23. The number of fused-ring (bicyclic) bond motifs is 1. The maximum atomic E-state index is 6.02. The van der Waals surface area contributed by atoms with E-state index in [2.05, 4.69) is 41.9 Å². The molecule has 0 radical (unpaired) electrons. The third-order valence-corrected chi connectivity index (χ3v) is 6.25. The van der Waals surface area contributed by atoms with Crippen LogP contribution in [0.15, 0.2) is 36.7 Å². The molecule has 0 atom stereocenters. The molecule has 0 saturated heterocycles. The first kappa shape index (κ1) is 18.4. The number of hydrogen-bond donors (Lipinski definition) is 1. The molecule has 1 aliphatic carbocycles. The number of imidazole rings is 1. The van der Waals surface area contributed by atoms with Gasteiger partial charge in [0.15, 0.2) is 0 Å². The average Bonchev–Trinajstić information content (AvgIpc) is 3.07. The van der Waals surface area contributed by atoms with Gasteiger partial charge in [-0.25, -0.2) is 4.98 Å². The molecule has 4 heteroatoms. The Balaban J connectivity index is 1.62. The molecule has 1 N–H and O–H groups in total. The summed E-state index contributed by atoms with van der Waals surface area (Å²) >= 11 is 6.02. The lowest BCUT2D eigenvalue weighted by molar-refractivity contribution is 0.373. The maximum Gasteiger partial charge on any atom is 0.112 e. The van der Waals surface area contributed by atoms with Crippen LogP contribution in [-0.4, -0.2) is 16.1 Å². The molecule has 3 aromatic rings. The number of anilines is 1. The fourth-order valence-electron chi connectivity index (χ4n) is 4.19. The van der Waals surface area contributed by atoms with Gasteiger partial charge in [-0.2, -0.15) is 0 Å². The zero-order valence-corrected chi connectivity index (χ0v) is 17.0. The van der Waals surface area contributed by atoms with Crippen molar-refractivity contribution >= 4 is 28.3 Å². The molecule has 4 rings (SSSR count). The summed E-state index contributed by atoms with van der Waals surface area (Å²) in [7, 11) is 0. The van der Waals surface area contributed by atoms with Crippen LogP contribution in [0.1, 0.15) is 48.8 Å². The van der Waals surface area contributed by atoms with Gasteiger partial charge in [0, 0.05) is 18.1 Å². The van der Waals surface area contributed by atoms with Crippen LogP contribution in [0.2, 0.25) is 5.02 Å². The zero-order chi connectivity index (χ0) is 18.8. The van der Waals surface area contributed by atoms with Crippen molar-refractivity contribution in [1.82, 2.24) is 9.55 Å². The Labute approximate surface area is 166 Å². The predicted octanol–water partition coefficient (Wildman–Crippen LogP) is 6.35. The fourth-order valence-corrected chi connectivity index (χ4v) is 4.32. The smallest absolute Gasteiger partial charge is 0.112 e. The Kier molecular flexibility index (Phi) is 5.40. The van der Waals surface area contributed by atoms with Crippen LogP contribution in [0.4, 0.5) is 5.69 Å². The standard InChI is InChI=1S/C23H28ClN3/c1-16-12-21-23(22(17(16)2)25-13-18-6-4-3-5-7-18)26-15-27(21)14-19-8-10-20(24)11-9-19/h8-12,15,18,25H,3-7,13-14H2,1-2H3. The summed E-state index contributed by atoms with van der Waals surface area (Å²) in [5.74, 6) is 0.796. The van der Waals surface area contributed by atoms with Gasteiger partial charge in [0.25, 0.3) is 0 Å². The molecule has 0 bridgehead atoms. The SMILES string of the molecule is Cc1cc2c(ncn2Cc2ccc(Cl)cc2)c(NCC2CCCCC2)c1C. The van der Waals surface area contributed by atoms with Crippen molar-refractivity contribution in [2.24, 2.45) is 5.92 Å². The predicted molar refractivity (Wildman–Crippen MR) is 115 cm³/mol. The molecule has 2 aromatic carbocycles. The Hall–Kier alpha value is -2.00. The molecule has 0 spiro atoms. The minimum absolute atomic E-state index is 0.773. The summed E-state index contributed by atoms with van der Waals surface area (Å²) in [6.45, 7) is 6.26. The number of nitrogens with one attached hydrogen (secondary N) is 1. The van der Waals surface area contributed by atoms with E-state index in [-0.39, 0.29) is 0 Å². The van der Waals surface area contributed by atoms with E-state index in [1.54, 1.807) is 0 Å². The van der Waals surface area contributed by atoms with Gasteiger partial charge in [-0.3, -0.25) is 0 Å². The second kappa shape index (κ2) is 7.93. The van der Waals surface area contributed by atoms with Gasteiger partial charge in [-0.15, -0.1) is 0 Å². The number of nitrogens with zero attached hydrogens (tertiary/aromatic N) is 2. The van der Waals surface area contributed by atoms with Gasteiger partial charge in [-0.05, 0) is 67.5 Å². The van der Waals surface area contributed by atoms with Crippen LogP contribution in [0.3, 0.4) is 0 Å². The lowest BCUT2D eigenvalue weighted by Crippen LogP contribution is -2.18. The summed E-state index contributed by atoms with van der Waals surface area (Å²) in [4.78, 5) is 4.77. The van der Waals surface area contributed by atoms with Crippen LogP contribution < -0.4 is 5.32 Å². The van der Waals surface area contributed by atoms with Crippen molar-refractivity contribution in [3.05, 3.63) is 58.4 Å². The Bertz CT molecular complexity index is 921. The first-order chi connectivity index (χ1) is 13.1. The molecule has 1 heterocycles. The largest absolute Gasteiger partial charge is 0.383 e. The Morgan fingerprint density at radius 2 is 1.85 bits per heavy atom. The first-order valence-electron chi connectivity index (χ1n) is 10.0. The highest BCUT2D eigenvalue weighted by Gasteiger charge is 2.17. The summed E-state index contributed by atoms with van der Waals surface area (Å²) in [5, 5.41) is 4.53. The first-order valence-corrected chi connectivity index (χ1v) is 10.4. The fraction of sp³-hybridized carbons (Fsp3) is 0.435. The highest BCUT2D eigenvalue weighted by atomic mass is 35.5.